The van der Waals surface area contributed by atoms with Gasteiger partial charge in [0.15, 0.2) is 5.82 Å². The van der Waals surface area contributed by atoms with Crippen LogP contribution in [0.3, 0.4) is 0 Å². The summed E-state index contributed by atoms with van der Waals surface area (Å²) in [4.78, 5) is 23.0. The maximum Gasteiger partial charge on any atom is 0.307 e. The molecule has 1 saturated carbocycles. The van der Waals surface area contributed by atoms with E-state index in [1.165, 1.54) is 29.5 Å². The van der Waals surface area contributed by atoms with Crippen LogP contribution >= 0.6 is 11.6 Å². The van der Waals surface area contributed by atoms with E-state index in [2.05, 4.69) is 34.4 Å². The third kappa shape index (κ3) is 4.26. The lowest BCUT2D eigenvalue weighted by molar-refractivity contribution is -0.136. The van der Waals surface area contributed by atoms with Gasteiger partial charge in [-0.2, -0.15) is 4.98 Å². The second-order valence-corrected chi connectivity index (χ2v) is 9.97. The van der Waals surface area contributed by atoms with Gasteiger partial charge in [0.05, 0.1) is 18.1 Å². The second-order valence-electron chi connectivity index (χ2n) is 9.57. The van der Waals surface area contributed by atoms with E-state index in [1.54, 1.807) is 12.4 Å². The van der Waals surface area contributed by atoms with E-state index in [0.717, 1.165) is 36.1 Å². The Morgan fingerprint density at radius 2 is 2.09 bits per heavy atom. The Morgan fingerprint density at radius 1 is 1.26 bits per heavy atom. The molecule has 2 aromatic carbocycles. The van der Waals surface area contributed by atoms with Crippen LogP contribution in [0.5, 0.6) is 0 Å². The van der Waals surface area contributed by atoms with Crippen molar-refractivity contribution in [2.24, 2.45) is 0 Å². The molecule has 0 unspecified atom stereocenters. The van der Waals surface area contributed by atoms with Gasteiger partial charge in [-0.1, -0.05) is 29.8 Å². The summed E-state index contributed by atoms with van der Waals surface area (Å²) < 4.78 is 1.85. The molecule has 8 heteroatoms. The SMILES string of the molecule is CN1CCc2c(cc(Nc3ncc(Cl)c(-n4cc(CC(=O)O)c5ccccc54)n3)cc2C2CC2)C1. The van der Waals surface area contributed by atoms with Gasteiger partial charge in [-0.3, -0.25) is 9.36 Å². The number of carboxylic acid groups (broad SMARTS) is 1. The Kier molecular flexibility index (Phi) is 5.46. The Labute approximate surface area is 208 Å². The monoisotopic (exact) mass is 487 g/mol. The average molecular weight is 488 g/mol. The standard InChI is InChI=1S/C27H26ClN5O2/c1-32-9-8-20-17(14-32)10-19(12-22(20)16-6-7-16)30-27-29-13-23(28)26(31-27)33-15-18(11-25(34)35)21-4-2-3-5-24(21)33/h2-5,10,12-13,15-16H,6-9,11,14H2,1H3,(H,34,35)(H,29,30,31). The fourth-order valence-electron chi connectivity index (χ4n) is 5.15. The number of carbonyl (C=O) groups is 1. The van der Waals surface area contributed by atoms with Gasteiger partial charge in [0, 0.05) is 30.4 Å². The molecule has 6 rings (SSSR count). The van der Waals surface area contributed by atoms with Crippen LogP contribution in [0.25, 0.3) is 16.7 Å². The summed E-state index contributed by atoms with van der Waals surface area (Å²) in [7, 11) is 2.16. The summed E-state index contributed by atoms with van der Waals surface area (Å²) in [5, 5.41) is 14.0. The van der Waals surface area contributed by atoms with Gasteiger partial charge in [0.1, 0.15) is 5.02 Å². The number of aliphatic carboxylic acids is 1. The number of benzene rings is 2. The van der Waals surface area contributed by atoms with Crippen molar-refractivity contribution in [1.29, 1.82) is 0 Å². The molecule has 178 valence electrons. The lowest BCUT2D eigenvalue weighted by atomic mass is 9.91. The molecule has 0 bridgehead atoms. The minimum absolute atomic E-state index is 0.0746. The molecule has 0 saturated heterocycles. The van der Waals surface area contributed by atoms with Crippen LogP contribution in [0.4, 0.5) is 11.6 Å². The van der Waals surface area contributed by atoms with Crippen LogP contribution in [0.2, 0.25) is 5.02 Å². The molecule has 1 aliphatic carbocycles. The van der Waals surface area contributed by atoms with Gasteiger partial charge in [-0.15, -0.1) is 0 Å². The molecule has 4 aromatic rings. The normalized spacial score (nSPS) is 15.8. The number of para-hydroxylation sites is 1. The molecular weight excluding hydrogens is 462 g/mol. The Hall–Kier alpha value is -3.42. The van der Waals surface area contributed by atoms with E-state index in [4.69, 9.17) is 16.6 Å². The third-order valence-corrected chi connectivity index (χ3v) is 7.19. The van der Waals surface area contributed by atoms with Gasteiger partial charge >= 0.3 is 5.97 Å². The lowest BCUT2D eigenvalue weighted by Crippen LogP contribution is -2.27. The summed E-state index contributed by atoms with van der Waals surface area (Å²) in [6.07, 6.45) is 6.93. The number of fused-ring (bicyclic) bond motifs is 2. The average Bonchev–Trinajstić information content (AvgIpc) is 3.62. The quantitative estimate of drug-likeness (QED) is 0.383. The van der Waals surface area contributed by atoms with E-state index >= 15 is 0 Å². The zero-order valence-electron chi connectivity index (χ0n) is 19.5. The molecular formula is C27H26ClN5O2. The number of nitrogens with zero attached hydrogens (tertiary/aromatic N) is 4. The summed E-state index contributed by atoms with van der Waals surface area (Å²) >= 11 is 6.54. The first kappa shape index (κ1) is 22.1. The summed E-state index contributed by atoms with van der Waals surface area (Å²) in [6.45, 7) is 2.04. The summed E-state index contributed by atoms with van der Waals surface area (Å²) in [6, 6.07) is 12.1. The first-order valence-corrected chi connectivity index (χ1v) is 12.3. The van der Waals surface area contributed by atoms with Crippen molar-refractivity contribution in [2.45, 2.75) is 38.1 Å². The number of halogens is 1. The van der Waals surface area contributed by atoms with Crippen molar-refractivity contribution in [3.8, 4) is 5.82 Å². The van der Waals surface area contributed by atoms with Gasteiger partial charge in [-0.25, -0.2) is 4.98 Å². The first-order chi connectivity index (χ1) is 17.0. The number of likely N-dealkylation sites (N-methyl/N-ethyl adjacent to an activating group) is 1. The number of nitrogens with one attached hydrogen (secondary N) is 1. The number of rotatable bonds is 6. The fraction of sp³-hybridized carbons (Fsp3) is 0.296. The topological polar surface area (TPSA) is 83.3 Å². The van der Waals surface area contributed by atoms with Crippen molar-refractivity contribution in [3.05, 3.63) is 76.1 Å². The molecule has 1 fully saturated rings. The zero-order chi connectivity index (χ0) is 24.1. The number of anilines is 2. The van der Waals surface area contributed by atoms with Crippen LogP contribution in [-0.2, 0) is 24.2 Å². The Bertz CT molecular complexity index is 1460. The predicted octanol–water partition coefficient (Wildman–Crippen LogP) is 5.31. The number of aromatic nitrogens is 3. The van der Waals surface area contributed by atoms with E-state index in [9.17, 15) is 9.90 Å². The lowest BCUT2D eigenvalue weighted by Gasteiger charge is -2.28. The molecule has 35 heavy (non-hydrogen) atoms. The zero-order valence-corrected chi connectivity index (χ0v) is 20.2. The maximum atomic E-state index is 11.4. The van der Waals surface area contributed by atoms with Crippen molar-refractivity contribution in [2.75, 3.05) is 18.9 Å². The molecule has 2 N–H and O–H groups in total. The molecule has 1 aliphatic heterocycles. The van der Waals surface area contributed by atoms with Gasteiger partial charge in [0.2, 0.25) is 5.95 Å². The molecule has 3 heterocycles. The predicted molar refractivity (Wildman–Crippen MR) is 137 cm³/mol. The fourth-order valence-corrected chi connectivity index (χ4v) is 5.33. The molecule has 0 spiro atoms. The van der Waals surface area contributed by atoms with E-state index in [0.29, 0.717) is 28.3 Å². The molecule has 2 aromatic heterocycles. The van der Waals surface area contributed by atoms with Crippen LogP contribution in [0.15, 0.2) is 48.8 Å². The Balaban J connectivity index is 1.39. The van der Waals surface area contributed by atoms with Gasteiger partial charge in [0.25, 0.3) is 0 Å². The summed E-state index contributed by atoms with van der Waals surface area (Å²) in [5.74, 6) is 0.744. The van der Waals surface area contributed by atoms with Gasteiger partial charge < -0.3 is 15.3 Å². The maximum absolute atomic E-state index is 11.4. The highest BCUT2D eigenvalue weighted by Crippen LogP contribution is 2.44. The second kappa shape index (κ2) is 8.66. The highest BCUT2D eigenvalue weighted by Gasteiger charge is 2.29. The van der Waals surface area contributed by atoms with E-state index in [1.807, 2.05) is 28.8 Å². The number of hydrogen-bond acceptors (Lipinski definition) is 5. The van der Waals surface area contributed by atoms with Crippen LogP contribution in [-0.4, -0.2) is 44.1 Å². The minimum atomic E-state index is -0.881. The first-order valence-electron chi connectivity index (χ1n) is 11.9. The molecule has 0 radical (unpaired) electrons. The van der Waals surface area contributed by atoms with Crippen molar-refractivity contribution >= 4 is 40.1 Å². The van der Waals surface area contributed by atoms with E-state index in [-0.39, 0.29) is 6.42 Å². The van der Waals surface area contributed by atoms with Gasteiger partial charge in [-0.05, 0) is 72.7 Å². The van der Waals surface area contributed by atoms with Crippen molar-refractivity contribution < 1.29 is 9.90 Å². The van der Waals surface area contributed by atoms with E-state index < -0.39 is 5.97 Å². The van der Waals surface area contributed by atoms with Crippen molar-refractivity contribution in [1.82, 2.24) is 19.4 Å². The molecule has 7 nitrogen and oxygen atoms in total. The largest absolute Gasteiger partial charge is 0.481 e. The summed E-state index contributed by atoms with van der Waals surface area (Å²) in [5.41, 5.74) is 6.89. The van der Waals surface area contributed by atoms with Crippen LogP contribution in [0.1, 0.15) is 41.0 Å². The number of hydrogen-bond donors (Lipinski definition) is 2. The Morgan fingerprint density at radius 3 is 2.89 bits per heavy atom. The minimum Gasteiger partial charge on any atom is -0.481 e. The third-order valence-electron chi connectivity index (χ3n) is 6.92. The van der Waals surface area contributed by atoms with Crippen LogP contribution in [0, 0.1) is 0 Å². The number of carboxylic acids is 1. The van der Waals surface area contributed by atoms with Crippen LogP contribution < -0.4 is 5.32 Å². The van der Waals surface area contributed by atoms with Crippen molar-refractivity contribution in [3.63, 3.8) is 0 Å². The molecule has 2 aliphatic rings. The highest BCUT2D eigenvalue weighted by molar-refractivity contribution is 6.32. The molecule has 0 atom stereocenters. The highest BCUT2D eigenvalue weighted by atomic mass is 35.5. The molecule has 0 amide bonds. The smallest absolute Gasteiger partial charge is 0.307 e.